The van der Waals surface area contributed by atoms with Gasteiger partial charge < -0.3 is 5.11 Å². The number of hydrogen-bond acceptors (Lipinski definition) is 3. The van der Waals surface area contributed by atoms with E-state index in [4.69, 9.17) is 0 Å². The first-order valence-corrected chi connectivity index (χ1v) is 5.80. The first-order chi connectivity index (χ1) is 9.66. The van der Waals surface area contributed by atoms with Crippen LogP contribution < -0.4 is 0 Å². The van der Waals surface area contributed by atoms with Crippen LogP contribution in [0.25, 0.3) is 17.2 Å². The number of pyridine rings is 1. The Morgan fingerprint density at radius 3 is 2.60 bits per heavy atom. The van der Waals surface area contributed by atoms with Crippen molar-refractivity contribution in [2.45, 2.75) is 0 Å². The number of benzene rings is 1. The number of phenols is 1. The summed E-state index contributed by atoms with van der Waals surface area (Å²) in [5.74, 6) is -2.68. The standard InChI is InChI=1S/C14H9F2N3O/c15-10-7-9(8-12(20)13(10)16)19-6-5-18-14(19)11-3-1-2-4-17-11/h1-8,20H. The molecule has 0 bridgehead atoms. The van der Waals surface area contributed by atoms with Crippen LogP contribution in [0.5, 0.6) is 5.75 Å². The first kappa shape index (κ1) is 12.3. The number of halogens is 2. The van der Waals surface area contributed by atoms with E-state index in [1.807, 2.05) is 0 Å². The number of nitrogens with zero attached hydrogens (tertiary/aromatic N) is 3. The van der Waals surface area contributed by atoms with E-state index in [2.05, 4.69) is 9.97 Å². The van der Waals surface area contributed by atoms with Crippen LogP contribution >= 0.6 is 0 Å². The highest BCUT2D eigenvalue weighted by atomic mass is 19.2. The van der Waals surface area contributed by atoms with Crippen LogP contribution in [0.3, 0.4) is 0 Å². The predicted molar refractivity (Wildman–Crippen MR) is 68.4 cm³/mol. The summed E-state index contributed by atoms with van der Waals surface area (Å²) in [6, 6.07) is 7.43. The summed E-state index contributed by atoms with van der Waals surface area (Å²) >= 11 is 0. The summed E-state index contributed by atoms with van der Waals surface area (Å²) in [5.41, 5.74) is 0.848. The van der Waals surface area contributed by atoms with Crippen LogP contribution in [0.15, 0.2) is 48.9 Å². The van der Waals surface area contributed by atoms with E-state index < -0.39 is 17.4 Å². The van der Waals surface area contributed by atoms with E-state index in [9.17, 15) is 13.9 Å². The molecule has 0 spiro atoms. The molecule has 100 valence electrons. The van der Waals surface area contributed by atoms with Gasteiger partial charge in [0.15, 0.2) is 23.2 Å². The fourth-order valence-corrected chi connectivity index (χ4v) is 1.90. The highest BCUT2D eigenvalue weighted by Gasteiger charge is 2.14. The summed E-state index contributed by atoms with van der Waals surface area (Å²) in [4.78, 5) is 8.30. The predicted octanol–water partition coefficient (Wildman–Crippen LogP) is 2.92. The molecule has 4 nitrogen and oxygen atoms in total. The van der Waals surface area contributed by atoms with Gasteiger partial charge in [0.1, 0.15) is 5.69 Å². The van der Waals surface area contributed by atoms with Crippen molar-refractivity contribution in [1.82, 2.24) is 14.5 Å². The van der Waals surface area contributed by atoms with Crippen molar-refractivity contribution >= 4 is 0 Å². The van der Waals surface area contributed by atoms with Gasteiger partial charge in [0.05, 0.1) is 5.69 Å². The highest BCUT2D eigenvalue weighted by molar-refractivity contribution is 5.54. The van der Waals surface area contributed by atoms with Crippen molar-refractivity contribution in [3.05, 3.63) is 60.6 Å². The van der Waals surface area contributed by atoms with Gasteiger partial charge in [0.2, 0.25) is 0 Å². The lowest BCUT2D eigenvalue weighted by Crippen LogP contribution is -1.99. The van der Waals surface area contributed by atoms with Gasteiger partial charge in [-0.25, -0.2) is 9.37 Å². The van der Waals surface area contributed by atoms with Crippen molar-refractivity contribution < 1.29 is 13.9 Å². The van der Waals surface area contributed by atoms with Crippen molar-refractivity contribution in [3.63, 3.8) is 0 Å². The summed E-state index contributed by atoms with van der Waals surface area (Å²) in [7, 11) is 0. The lowest BCUT2D eigenvalue weighted by molar-refractivity contribution is 0.406. The molecule has 0 fully saturated rings. The molecule has 0 saturated carbocycles. The fourth-order valence-electron chi connectivity index (χ4n) is 1.90. The fraction of sp³-hybridized carbons (Fsp3) is 0. The van der Waals surface area contributed by atoms with Gasteiger partial charge in [-0.05, 0) is 12.1 Å². The largest absolute Gasteiger partial charge is 0.505 e. The minimum absolute atomic E-state index is 0.263. The summed E-state index contributed by atoms with van der Waals surface area (Å²) in [5, 5.41) is 9.38. The number of imidazole rings is 1. The SMILES string of the molecule is Oc1cc(-n2ccnc2-c2ccccn2)cc(F)c1F. The van der Waals surface area contributed by atoms with E-state index in [1.54, 1.807) is 30.6 Å². The van der Waals surface area contributed by atoms with E-state index in [0.29, 0.717) is 11.5 Å². The molecule has 2 heterocycles. The summed E-state index contributed by atoms with van der Waals surface area (Å²) in [6.07, 6.45) is 4.70. The van der Waals surface area contributed by atoms with Crippen LogP contribution in [0.1, 0.15) is 0 Å². The Morgan fingerprint density at radius 2 is 1.90 bits per heavy atom. The van der Waals surface area contributed by atoms with Gasteiger partial charge >= 0.3 is 0 Å². The average molecular weight is 273 g/mol. The number of phenolic OH excluding ortho intramolecular Hbond substituents is 1. The third-order valence-electron chi connectivity index (χ3n) is 2.81. The van der Waals surface area contributed by atoms with Gasteiger partial charge in [-0.2, -0.15) is 4.39 Å². The molecule has 0 atom stereocenters. The Bertz CT molecular complexity index is 733. The maximum absolute atomic E-state index is 13.4. The Kier molecular flexibility index (Phi) is 2.90. The van der Waals surface area contributed by atoms with Crippen LogP contribution in [0, 0.1) is 11.6 Å². The van der Waals surface area contributed by atoms with E-state index in [0.717, 1.165) is 12.1 Å². The van der Waals surface area contributed by atoms with E-state index >= 15 is 0 Å². The molecule has 6 heteroatoms. The highest BCUT2D eigenvalue weighted by Crippen LogP contribution is 2.26. The average Bonchev–Trinajstić information content (AvgIpc) is 2.94. The van der Waals surface area contributed by atoms with Gasteiger partial charge in [-0.15, -0.1) is 0 Å². The quantitative estimate of drug-likeness (QED) is 0.781. The molecule has 3 rings (SSSR count). The lowest BCUT2D eigenvalue weighted by Gasteiger charge is -2.08. The normalized spacial score (nSPS) is 10.7. The van der Waals surface area contributed by atoms with E-state index in [1.165, 1.54) is 10.8 Å². The molecule has 2 aromatic heterocycles. The molecule has 3 aromatic rings. The molecule has 0 radical (unpaired) electrons. The zero-order valence-corrected chi connectivity index (χ0v) is 10.2. The topological polar surface area (TPSA) is 50.9 Å². The van der Waals surface area contributed by atoms with Crippen LogP contribution in [-0.2, 0) is 0 Å². The van der Waals surface area contributed by atoms with E-state index in [-0.39, 0.29) is 5.69 Å². The zero-order valence-electron chi connectivity index (χ0n) is 10.2. The van der Waals surface area contributed by atoms with Gasteiger partial charge in [-0.1, -0.05) is 6.07 Å². The van der Waals surface area contributed by atoms with Crippen LogP contribution in [-0.4, -0.2) is 19.6 Å². The van der Waals surface area contributed by atoms with Crippen molar-refractivity contribution in [3.8, 4) is 23.0 Å². The molecular formula is C14H9F2N3O. The monoisotopic (exact) mass is 273 g/mol. The Hall–Kier alpha value is -2.76. The number of aromatic hydroxyl groups is 1. The van der Waals surface area contributed by atoms with Crippen molar-refractivity contribution in [2.75, 3.05) is 0 Å². The molecule has 1 aromatic carbocycles. The number of aromatic nitrogens is 3. The Balaban J connectivity index is 2.15. The minimum atomic E-state index is -1.27. The third kappa shape index (κ3) is 2.01. The Labute approximate surface area is 113 Å². The molecule has 0 aliphatic heterocycles. The molecular weight excluding hydrogens is 264 g/mol. The number of rotatable bonds is 2. The minimum Gasteiger partial charge on any atom is -0.505 e. The summed E-state index contributed by atoms with van der Waals surface area (Å²) in [6.45, 7) is 0. The zero-order chi connectivity index (χ0) is 14.1. The second-order valence-electron chi connectivity index (χ2n) is 4.10. The van der Waals surface area contributed by atoms with Crippen LogP contribution in [0.2, 0.25) is 0 Å². The summed E-state index contributed by atoms with van der Waals surface area (Å²) < 4.78 is 28.0. The third-order valence-corrected chi connectivity index (χ3v) is 2.81. The second-order valence-corrected chi connectivity index (χ2v) is 4.10. The Morgan fingerprint density at radius 1 is 1.05 bits per heavy atom. The number of hydrogen-bond donors (Lipinski definition) is 1. The molecule has 0 unspecified atom stereocenters. The van der Waals surface area contributed by atoms with Crippen molar-refractivity contribution in [1.29, 1.82) is 0 Å². The molecule has 0 aliphatic carbocycles. The lowest BCUT2D eigenvalue weighted by atomic mass is 10.2. The molecule has 0 aliphatic rings. The second kappa shape index (κ2) is 4.73. The molecule has 0 amide bonds. The molecule has 1 N–H and O–H groups in total. The molecule has 0 saturated heterocycles. The van der Waals surface area contributed by atoms with Crippen LogP contribution in [0.4, 0.5) is 8.78 Å². The first-order valence-electron chi connectivity index (χ1n) is 5.80. The van der Waals surface area contributed by atoms with Gasteiger partial charge in [0.25, 0.3) is 0 Å². The van der Waals surface area contributed by atoms with Gasteiger partial charge in [-0.3, -0.25) is 9.55 Å². The maximum Gasteiger partial charge on any atom is 0.200 e. The smallest absolute Gasteiger partial charge is 0.200 e. The maximum atomic E-state index is 13.4. The van der Waals surface area contributed by atoms with Crippen molar-refractivity contribution in [2.24, 2.45) is 0 Å². The molecule has 20 heavy (non-hydrogen) atoms. The van der Waals surface area contributed by atoms with Gasteiger partial charge in [0, 0.05) is 30.7 Å².